The van der Waals surface area contributed by atoms with E-state index < -0.39 is 0 Å². The van der Waals surface area contributed by atoms with Gasteiger partial charge in [0.2, 0.25) is 5.91 Å². The Morgan fingerprint density at radius 2 is 2.00 bits per heavy atom. The molecule has 0 heterocycles. The second kappa shape index (κ2) is 8.73. The Morgan fingerprint density at radius 3 is 2.63 bits per heavy atom. The van der Waals surface area contributed by atoms with Gasteiger partial charge in [0.25, 0.3) is 0 Å². The van der Waals surface area contributed by atoms with Crippen molar-refractivity contribution in [3.05, 3.63) is 40.9 Å². The molecular formula is C15H21ClN2O. The molecule has 0 atom stereocenters. The molecule has 0 bridgehead atoms. The maximum Gasteiger partial charge on any atom is 0.244 e. The Labute approximate surface area is 120 Å². The largest absolute Gasteiger partial charge is 0.351 e. The van der Waals surface area contributed by atoms with Gasteiger partial charge in [0.1, 0.15) is 0 Å². The number of nitrogens with one attached hydrogen (secondary N) is 1. The predicted octanol–water partition coefficient (Wildman–Crippen LogP) is 2.81. The average Bonchev–Trinajstić information content (AvgIpc) is 2.43. The second-order valence-electron chi connectivity index (χ2n) is 4.17. The summed E-state index contributed by atoms with van der Waals surface area (Å²) >= 11 is 6.00. The van der Waals surface area contributed by atoms with E-state index in [0.717, 1.165) is 25.2 Å². The van der Waals surface area contributed by atoms with Gasteiger partial charge in [-0.1, -0.05) is 43.6 Å². The molecule has 3 nitrogen and oxygen atoms in total. The van der Waals surface area contributed by atoms with Crippen molar-refractivity contribution < 1.29 is 4.79 Å². The van der Waals surface area contributed by atoms with Crippen LogP contribution in [-0.2, 0) is 4.79 Å². The molecule has 0 aromatic heterocycles. The normalized spacial score (nSPS) is 11.2. The van der Waals surface area contributed by atoms with Crippen molar-refractivity contribution >= 4 is 23.6 Å². The molecule has 0 saturated carbocycles. The summed E-state index contributed by atoms with van der Waals surface area (Å²) in [5.41, 5.74) is 0.850. The molecule has 0 aliphatic carbocycles. The van der Waals surface area contributed by atoms with E-state index >= 15 is 0 Å². The SMILES string of the molecule is CCN(CC)CCNC(=O)/C=C/c1ccccc1Cl. The molecule has 0 spiro atoms. The number of nitrogens with zero attached hydrogens (tertiary/aromatic N) is 1. The van der Waals surface area contributed by atoms with Crippen LogP contribution in [0.25, 0.3) is 6.08 Å². The van der Waals surface area contributed by atoms with Crippen molar-refractivity contribution in [2.45, 2.75) is 13.8 Å². The van der Waals surface area contributed by atoms with Gasteiger partial charge in [-0.2, -0.15) is 0 Å². The second-order valence-corrected chi connectivity index (χ2v) is 4.58. The average molecular weight is 281 g/mol. The summed E-state index contributed by atoms with van der Waals surface area (Å²) in [6.07, 6.45) is 3.25. The Morgan fingerprint density at radius 1 is 1.32 bits per heavy atom. The minimum absolute atomic E-state index is 0.0907. The summed E-state index contributed by atoms with van der Waals surface area (Å²) < 4.78 is 0. The summed E-state index contributed by atoms with van der Waals surface area (Å²) in [6.45, 7) is 7.76. The number of carbonyl (C=O) groups is 1. The molecule has 4 heteroatoms. The van der Waals surface area contributed by atoms with Crippen LogP contribution in [0.4, 0.5) is 0 Å². The van der Waals surface area contributed by atoms with E-state index in [0.29, 0.717) is 11.6 Å². The molecule has 1 aromatic rings. The number of rotatable bonds is 7. The Kier molecular flexibility index (Phi) is 7.23. The summed E-state index contributed by atoms with van der Waals surface area (Å²) in [7, 11) is 0. The van der Waals surface area contributed by atoms with E-state index in [2.05, 4.69) is 24.1 Å². The zero-order valence-corrected chi connectivity index (χ0v) is 12.3. The Bertz CT molecular complexity index is 428. The van der Waals surface area contributed by atoms with Gasteiger partial charge in [-0.25, -0.2) is 0 Å². The highest BCUT2D eigenvalue weighted by atomic mass is 35.5. The third-order valence-corrected chi connectivity index (χ3v) is 3.29. The minimum Gasteiger partial charge on any atom is -0.351 e. The van der Waals surface area contributed by atoms with Gasteiger partial charge in [0.05, 0.1) is 0 Å². The number of hydrogen-bond acceptors (Lipinski definition) is 2. The van der Waals surface area contributed by atoms with Gasteiger partial charge in [0, 0.05) is 24.2 Å². The Hall–Kier alpha value is -1.32. The van der Waals surface area contributed by atoms with E-state index in [9.17, 15) is 4.79 Å². The summed E-state index contributed by atoms with van der Waals surface area (Å²) in [4.78, 5) is 13.9. The zero-order chi connectivity index (χ0) is 14.1. The first-order valence-electron chi connectivity index (χ1n) is 6.60. The summed E-state index contributed by atoms with van der Waals surface area (Å²) in [5, 5.41) is 3.51. The molecule has 19 heavy (non-hydrogen) atoms. The molecule has 0 saturated heterocycles. The van der Waals surface area contributed by atoms with Crippen molar-refractivity contribution in [2.75, 3.05) is 26.2 Å². The van der Waals surface area contributed by atoms with Crippen LogP contribution in [0, 0.1) is 0 Å². The quantitative estimate of drug-likeness (QED) is 0.779. The molecule has 0 aliphatic heterocycles. The number of halogens is 1. The first kappa shape index (κ1) is 15.7. The molecule has 104 valence electrons. The highest BCUT2D eigenvalue weighted by Crippen LogP contribution is 2.15. The topological polar surface area (TPSA) is 32.3 Å². The third-order valence-electron chi connectivity index (χ3n) is 2.94. The first-order valence-corrected chi connectivity index (χ1v) is 6.98. The number of benzene rings is 1. The van der Waals surface area contributed by atoms with E-state index in [1.165, 1.54) is 6.08 Å². The van der Waals surface area contributed by atoms with Crippen LogP contribution in [0.3, 0.4) is 0 Å². The molecule has 0 fully saturated rings. The maximum absolute atomic E-state index is 11.6. The van der Waals surface area contributed by atoms with Crippen molar-refractivity contribution in [3.8, 4) is 0 Å². The first-order chi connectivity index (χ1) is 9.17. The number of likely N-dealkylation sites (N-methyl/N-ethyl adjacent to an activating group) is 1. The monoisotopic (exact) mass is 280 g/mol. The van der Waals surface area contributed by atoms with E-state index in [1.54, 1.807) is 12.1 Å². The smallest absolute Gasteiger partial charge is 0.244 e. The number of hydrogen-bond donors (Lipinski definition) is 1. The van der Waals surface area contributed by atoms with E-state index in [4.69, 9.17) is 11.6 Å². The van der Waals surface area contributed by atoms with Crippen LogP contribution in [0.5, 0.6) is 0 Å². The molecule has 1 N–H and O–H groups in total. The Balaban J connectivity index is 2.37. The number of amides is 1. The van der Waals surface area contributed by atoms with Gasteiger partial charge in [-0.15, -0.1) is 0 Å². The van der Waals surface area contributed by atoms with Crippen LogP contribution in [0.15, 0.2) is 30.3 Å². The van der Waals surface area contributed by atoms with Gasteiger partial charge in [-0.3, -0.25) is 4.79 Å². The van der Waals surface area contributed by atoms with Crippen LogP contribution < -0.4 is 5.32 Å². The van der Waals surface area contributed by atoms with Crippen LogP contribution in [-0.4, -0.2) is 37.0 Å². The molecule has 0 unspecified atom stereocenters. The highest BCUT2D eigenvalue weighted by Gasteiger charge is 2.00. The zero-order valence-electron chi connectivity index (χ0n) is 11.5. The van der Waals surface area contributed by atoms with Gasteiger partial charge in [-0.05, 0) is 30.8 Å². The van der Waals surface area contributed by atoms with Crippen molar-refractivity contribution in [3.63, 3.8) is 0 Å². The maximum atomic E-state index is 11.6. The van der Waals surface area contributed by atoms with Gasteiger partial charge >= 0.3 is 0 Å². The fourth-order valence-corrected chi connectivity index (χ4v) is 1.91. The fourth-order valence-electron chi connectivity index (χ4n) is 1.71. The fraction of sp³-hybridized carbons (Fsp3) is 0.400. The van der Waals surface area contributed by atoms with Crippen molar-refractivity contribution in [1.82, 2.24) is 10.2 Å². The highest BCUT2D eigenvalue weighted by molar-refractivity contribution is 6.32. The lowest BCUT2D eigenvalue weighted by Crippen LogP contribution is -2.34. The van der Waals surface area contributed by atoms with Gasteiger partial charge in [0.15, 0.2) is 0 Å². The van der Waals surface area contributed by atoms with Crippen molar-refractivity contribution in [1.29, 1.82) is 0 Å². The molecule has 0 aliphatic rings. The lowest BCUT2D eigenvalue weighted by Gasteiger charge is -2.17. The van der Waals surface area contributed by atoms with Crippen molar-refractivity contribution in [2.24, 2.45) is 0 Å². The van der Waals surface area contributed by atoms with Gasteiger partial charge < -0.3 is 10.2 Å². The molecule has 1 rings (SSSR count). The summed E-state index contributed by atoms with van der Waals surface area (Å²) in [6, 6.07) is 7.44. The minimum atomic E-state index is -0.0907. The lowest BCUT2D eigenvalue weighted by molar-refractivity contribution is -0.116. The molecule has 1 amide bonds. The lowest BCUT2D eigenvalue weighted by atomic mass is 10.2. The van der Waals surface area contributed by atoms with Crippen LogP contribution >= 0.6 is 11.6 Å². The number of carbonyl (C=O) groups excluding carboxylic acids is 1. The molecular weight excluding hydrogens is 260 g/mol. The third kappa shape index (κ3) is 5.90. The molecule has 0 radical (unpaired) electrons. The standard InChI is InChI=1S/C15H21ClN2O/c1-3-18(4-2)12-11-17-15(19)10-9-13-7-5-6-8-14(13)16/h5-10H,3-4,11-12H2,1-2H3,(H,17,19)/b10-9+. The van der Waals surface area contributed by atoms with Crippen LogP contribution in [0.2, 0.25) is 5.02 Å². The summed E-state index contributed by atoms with van der Waals surface area (Å²) in [5.74, 6) is -0.0907. The van der Waals surface area contributed by atoms with Crippen LogP contribution in [0.1, 0.15) is 19.4 Å². The van der Waals surface area contributed by atoms with E-state index in [-0.39, 0.29) is 5.91 Å². The predicted molar refractivity (Wildman–Crippen MR) is 81.3 cm³/mol. The molecule has 1 aromatic carbocycles. The van der Waals surface area contributed by atoms with E-state index in [1.807, 2.05) is 18.2 Å².